The standard InChI is InChI=1S/C20H22ClNO4/c1-2-3-11-22-19(23)13-26-20(24)14-25-18-10-9-16(12-17(18)21)15-7-5-4-6-8-15/h4-10,12H,2-3,11,13-14H2,1H3,(H,22,23). The molecule has 0 unspecified atom stereocenters. The molecular weight excluding hydrogens is 354 g/mol. The van der Waals surface area contributed by atoms with E-state index < -0.39 is 5.97 Å². The van der Waals surface area contributed by atoms with E-state index in [2.05, 4.69) is 5.32 Å². The molecule has 2 aromatic carbocycles. The first kappa shape index (κ1) is 19.8. The van der Waals surface area contributed by atoms with Crippen molar-refractivity contribution in [3.8, 4) is 16.9 Å². The number of benzene rings is 2. The minimum atomic E-state index is -0.626. The van der Waals surface area contributed by atoms with Crippen LogP contribution in [0, 0.1) is 0 Å². The highest BCUT2D eigenvalue weighted by Gasteiger charge is 2.10. The van der Waals surface area contributed by atoms with E-state index in [0.29, 0.717) is 17.3 Å². The van der Waals surface area contributed by atoms with Crippen LogP contribution in [-0.2, 0) is 14.3 Å². The van der Waals surface area contributed by atoms with Crippen molar-refractivity contribution in [1.29, 1.82) is 0 Å². The fourth-order valence-electron chi connectivity index (χ4n) is 2.21. The molecule has 138 valence electrons. The average Bonchev–Trinajstić information content (AvgIpc) is 2.66. The van der Waals surface area contributed by atoms with E-state index in [1.807, 2.05) is 43.3 Å². The molecule has 6 heteroatoms. The third-order valence-electron chi connectivity index (χ3n) is 3.60. The normalized spacial score (nSPS) is 10.2. The number of carbonyl (C=O) groups is 2. The van der Waals surface area contributed by atoms with E-state index >= 15 is 0 Å². The summed E-state index contributed by atoms with van der Waals surface area (Å²) in [5.74, 6) is -0.563. The number of nitrogens with one attached hydrogen (secondary N) is 1. The van der Waals surface area contributed by atoms with Crippen LogP contribution in [-0.4, -0.2) is 31.6 Å². The van der Waals surface area contributed by atoms with E-state index in [1.165, 1.54) is 0 Å². The summed E-state index contributed by atoms with van der Waals surface area (Å²) < 4.78 is 10.3. The van der Waals surface area contributed by atoms with Gasteiger partial charge in [0.15, 0.2) is 13.2 Å². The molecule has 0 aliphatic carbocycles. The van der Waals surface area contributed by atoms with Gasteiger partial charge in [-0.15, -0.1) is 0 Å². The first-order valence-electron chi connectivity index (χ1n) is 8.50. The molecule has 26 heavy (non-hydrogen) atoms. The summed E-state index contributed by atoms with van der Waals surface area (Å²) in [4.78, 5) is 23.2. The molecule has 2 rings (SSSR count). The Morgan fingerprint density at radius 1 is 1.04 bits per heavy atom. The van der Waals surface area contributed by atoms with Crippen molar-refractivity contribution in [3.05, 3.63) is 53.6 Å². The van der Waals surface area contributed by atoms with E-state index in [0.717, 1.165) is 24.0 Å². The second-order valence-electron chi connectivity index (χ2n) is 5.66. The van der Waals surface area contributed by atoms with Crippen LogP contribution in [0.5, 0.6) is 5.75 Å². The molecule has 0 radical (unpaired) electrons. The largest absolute Gasteiger partial charge is 0.480 e. The molecule has 0 saturated heterocycles. The summed E-state index contributed by atoms with van der Waals surface area (Å²) in [7, 11) is 0. The molecule has 5 nitrogen and oxygen atoms in total. The van der Waals surface area contributed by atoms with Crippen LogP contribution in [0.1, 0.15) is 19.8 Å². The first-order chi connectivity index (χ1) is 12.6. The lowest BCUT2D eigenvalue weighted by molar-refractivity contribution is -0.150. The average molecular weight is 376 g/mol. The van der Waals surface area contributed by atoms with E-state index in [4.69, 9.17) is 21.1 Å². The highest BCUT2D eigenvalue weighted by molar-refractivity contribution is 6.32. The first-order valence-corrected chi connectivity index (χ1v) is 8.88. The Morgan fingerprint density at radius 3 is 2.50 bits per heavy atom. The number of esters is 1. The fraction of sp³-hybridized carbons (Fsp3) is 0.300. The Kier molecular flexibility index (Phi) is 7.96. The molecule has 0 saturated carbocycles. The van der Waals surface area contributed by atoms with Crippen molar-refractivity contribution in [2.45, 2.75) is 19.8 Å². The zero-order valence-corrected chi connectivity index (χ0v) is 15.4. The van der Waals surface area contributed by atoms with Gasteiger partial charge in [0, 0.05) is 6.54 Å². The number of amides is 1. The summed E-state index contributed by atoms with van der Waals surface area (Å²) in [6.07, 6.45) is 1.87. The van der Waals surface area contributed by atoms with Gasteiger partial charge in [0.2, 0.25) is 0 Å². The van der Waals surface area contributed by atoms with Gasteiger partial charge in [0.25, 0.3) is 5.91 Å². The Bertz CT molecular complexity index is 734. The molecule has 0 bridgehead atoms. The lowest BCUT2D eigenvalue weighted by atomic mass is 10.1. The van der Waals surface area contributed by atoms with Crippen LogP contribution in [0.4, 0.5) is 0 Å². The van der Waals surface area contributed by atoms with Gasteiger partial charge in [-0.25, -0.2) is 4.79 Å². The second kappa shape index (κ2) is 10.5. The molecule has 1 amide bonds. The highest BCUT2D eigenvalue weighted by atomic mass is 35.5. The summed E-state index contributed by atoms with van der Waals surface area (Å²) in [6.45, 7) is 1.98. The van der Waals surface area contributed by atoms with Gasteiger partial charge in [0.05, 0.1) is 5.02 Å². The molecule has 0 aliphatic heterocycles. The fourth-order valence-corrected chi connectivity index (χ4v) is 2.44. The van der Waals surface area contributed by atoms with Gasteiger partial charge in [0.1, 0.15) is 5.75 Å². The lowest BCUT2D eigenvalue weighted by Crippen LogP contribution is -2.30. The van der Waals surface area contributed by atoms with E-state index in [1.54, 1.807) is 12.1 Å². The number of unbranched alkanes of at least 4 members (excludes halogenated alkanes) is 1. The Hall–Kier alpha value is -2.53. The number of hydrogen-bond donors (Lipinski definition) is 1. The van der Waals surface area contributed by atoms with Crippen molar-refractivity contribution >= 4 is 23.5 Å². The summed E-state index contributed by atoms with van der Waals surface area (Å²) in [5, 5.41) is 3.07. The van der Waals surface area contributed by atoms with Crippen LogP contribution >= 0.6 is 11.6 Å². The van der Waals surface area contributed by atoms with E-state index in [-0.39, 0.29) is 19.1 Å². The topological polar surface area (TPSA) is 64.6 Å². The van der Waals surface area contributed by atoms with Crippen LogP contribution in [0.15, 0.2) is 48.5 Å². The van der Waals surface area contributed by atoms with Gasteiger partial charge in [-0.3, -0.25) is 4.79 Å². The van der Waals surface area contributed by atoms with Gasteiger partial charge >= 0.3 is 5.97 Å². The van der Waals surface area contributed by atoms with Crippen molar-refractivity contribution in [1.82, 2.24) is 5.32 Å². The van der Waals surface area contributed by atoms with Crippen molar-refractivity contribution < 1.29 is 19.1 Å². The monoisotopic (exact) mass is 375 g/mol. The molecule has 0 aliphatic rings. The Morgan fingerprint density at radius 2 is 1.81 bits per heavy atom. The molecule has 0 atom stereocenters. The minimum absolute atomic E-state index is 0.313. The molecule has 0 fully saturated rings. The van der Waals surface area contributed by atoms with Gasteiger partial charge in [-0.05, 0) is 29.7 Å². The second-order valence-corrected chi connectivity index (χ2v) is 6.07. The SMILES string of the molecule is CCCCNC(=O)COC(=O)COc1ccc(-c2ccccc2)cc1Cl. The highest BCUT2D eigenvalue weighted by Crippen LogP contribution is 2.30. The summed E-state index contributed by atoms with van der Waals surface area (Å²) >= 11 is 6.22. The van der Waals surface area contributed by atoms with Crippen molar-refractivity contribution in [3.63, 3.8) is 0 Å². The number of hydrogen-bond acceptors (Lipinski definition) is 4. The number of carbonyl (C=O) groups excluding carboxylic acids is 2. The molecular formula is C20H22ClNO4. The Labute approximate surface area is 158 Å². The van der Waals surface area contributed by atoms with Crippen molar-refractivity contribution in [2.75, 3.05) is 19.8 Å². The molecule has 1 N–H and O–H groups in total. The minimum Gasteiger partial charge on any atom is -0.480 e. The van der Waals surface area contributed by atoms with E-state index in [9.17, 15) is 9.59 Å². The van der Waals surface area contributed by atoms with Crippen LogP contribution in [0.25, 0.3) is 11.1 Å². The number of halogens is 1. The molecule has 0 spiro atoms. The smallest absolute Gasteiger partial charge is 0.344 e. The zero-order valence-electron chi connectivity index (χ0n) is 14.7. The van der Waals surface area contributed by atoms with Crippen LogP contribution in [0.3, 0.4) is 0 Å². The zero-order chi connectivity index (χ0) is 18.8. The van der Waals surface area contributed by atoms with Gasteiger partial charge in [-0.2, -0.15) is 0 Å². The molecule has 0 heterocycles. The predicted octanol–water partition coefficient (Wildman–Crippen LogP) is 3.85. The summed E-state index contributed by atoms with van der Waals surface area (Å²) in [5.41, 5.74) is 1.99. The molecule has 2 aromatic rings. The van der Waals surface area contributed by atoms with Gasteiger partial charge in [-0.1, -0.05) is 61.3 Å². The van der Waals surface area contributed by atoms with Gasteiger partial charge < -0.3 is 14.8 Å². The third-order valence-corrected chi connectivity index (χ3v) is 3.90. The maximum absolute atomic E-state index is 11.7. The maximum Gasteiger partial charge on any atom is 0.344 e. The Balaban J connectivity index is 1.80. The third kappa shape index (κ3) is 6.41. The quantitative estimate of drug-likeness (QED) is 0.534. The van der Waals surface area contributed by atoms with Crippen LogP contribution < -0.4 is 10.1 Å². The van der Waals surface area contributed by atoms with Crippen LogP contribution in [0.2, 0.25) is 5.02 Å². The number of rotatable bonds is 9. The van der Waals surface area contributed by atoms with Crippen molar-refractivity contribution in [2.24, 2.45) is 0 Å². The lowest BCUT2D eigenvalue weighted by Gasteiger charge is -2.10. The maximum atomic E-state index is 11.7. The molecule has 0 aromatic heterocycles. The predicted molar refractivity (Wildman–Crippen MR) is 101 cm³/mol. The summed E-state index contributed by atoms with van der Waals surface area (Å²) in [6, 6.07) is 15.1. The number of ether oxygens (including phenoxy) is 2.